The number of nitrogens with one attached hydrogen (secondary N) is 1. The first-order chi connectivity index (χ1) is 7.79. The lowest BCUT2D eigenvalue weighted by molar-refractivity contribution is 0.0234. The summed E-state index contributed by atoms with van der Waals surface area (Å²) in [4.78, 5) is 12.1. The average Bonchev–Trinajstić information content (AvgIpc) is 2.30. The van der Waals surface area contributed by atoms with Gasteiger partial charge in [0.05, 0.1) is 12.0 Å². The minimum absolute atomic E-state index is 0. The first-order valence-electron chi connectivity index (χ1n) is 5.81. The number of Topliss-reactive ketones (excluding diaryl/α,β-unsaturated/α-hetero) is 1. The molecule has 3 nitrogen and oxygen atoms in total. The van der Waals surface area contributed by atoms with Gasteiger partial charge in [0.25, 0.3) is 0 Å². The summed E-state index contributed by atoms with van der Waals surface area (Å²) < 4.78 is 6.05. The predicted molar refractivity (Wildman–Crippen MR) is 68.1 cm³/mol. The third-order valence-electron chi connectivity index (χ3n) is 3.43. The Morgan fingerprint density at radius 3 is 2.88 bits per heavy atom. The van der Waals surface area contributed by atoms with Gasteiger partial charge in [-0.15, -0.1) is 12.4 Å². The molecule has 0 radical (unpaired) electrons. The molecule has 1 unspecified atom stereocenters. The number of para-hydroxylation sites is 1. The van der Waals surface area contributed by atoms with Crippen molar-refractivity contribution in [3.8, 4) is 5.75 Å². The Kier molecular flexibility index (Phi) is 3.40. The van der Waals surface area contributed by atoms with Crippen LogP contribution in [0.1, 0.15) is 29.6 Å². The van der Waals surface area contributed by atoms with Crippen LogP contribution in [0.3, 0.4) is 0 Å². The molecule has 1 aromatic carbocycles. The second-order valence-corrected chi connectivity index (χ2v) is 4.66. The van der Waals surface area contributed by atoms with Gasteiger partial charge in [0, 0.05) is 6.54 Å². The number of benzene rings is 1. The van der Waals surface area contributed by atoms with E-state index in [9.17, 15) is 4.79 Å². The van der Waals surface area contributed by atoms with Crippen molar-refractivity contribution in [1.82, 2.24) is 5.32 Å². The van der Waals surface area contributed by atoms with Crippen LogP contribution in [-0.2, 0) is 0 Å². The van der Waals surface area contributed by atoms with Crippen LogP contribution in [0.25, 0.3) is 0 Å². The number of rotatable bonds is 0. The average molecular weight is 254 g/mol. The minimum atomic E-state index is -0.288. The molecule has 1 saturated heterocycles. The molecule has 0 bridgehead atoms. The van der Waals surface area contributed by atoms with E-state index in [4.69, 9.17) is 4.74 Å². The molecule has 0 amide bonds. The Morgan fingerprint density at radius 2 is 2.12 bits per heavy atom. The van der Waals surface area contributed by atoms with Crippen LogP contribution < -0.4 is 10.1 Å². The van der Waals surface area contributed by atoms with Gasteiger partial charge in [-0.1, -0.05) is 12.1 Å². The molecule has 4 heteroatoms. The topological polar surface area (TPSA) is 38.3 Å². The Balaban J connectivity index is 0.00000108. The fourth-order valence-corrected chi connectivity index (χ4v) is 2.62. The van der Waals surface area contributed by atoms with E-state index >= 15 is 0 Å². The van der Waals surface area contributed by atoms with Crippen LogP contribution in [0.15, 0.2) is 24.3 Å². The van der Waals surface area contributed by atoms with Crippen LogP contribution in [0.2, 0.25) is 0 Å². The number of halogens is 1. The molecule has 0 aliphatic carbocycles. The van der Waals surface area contributed by atoms with E-state index in [1.807, 2.05) is 24.3 Å². The Morgan fingerprint density at radius 1 is 1.29 bits per heavy atom. The molecule has 1 spiro atoms. The summed E-state index contributed by atoms with van der Waals surface area (Å²) in [7, 11) is 0. The molecule has 1 fully saturated rings. The van der Waals surface area contributed by atoms with Gasteiger partial charge in [0.15, 0.2) is 5.78 Å². The Hall–Kier alpha value is -1.06. The van der Waals surface area contributed by atoms with Crippen molar-refractivity contribution in [1.29, 1.82) is 0 Å². The molecule has 17 heavy (non-hydrogen) atoms. The fourth-order valence-electron chi connectivity index (χ4n) is 2.62. The van der Waals surface area contributed by atoms with Gasteiger partial charge in [-0.3, -0.25) is 4.79 Å². The van der Waals surface area contributed by atoms with Gasteiger partial charge in [0.2, 0.25) is 0 Å². The van der Waals surface area contributed by atoms with Crippen molar-refractivity contribution in [3.05, 3.63) is 29.8 Å². The third kappa shape index (κ3) is 2.17. The summed E-state index contributed by atoms with van der Waals surface area (Å²) in [6, 6.07) is 7.54. The minimum Gasteiger partial charge on any atom is -0.485 e. The second kappa shape index (κ2) is 4.67. The number of piperidine rings is 1. The van der Waals surface area contributed by atoms with E-state index in [0.717, 1.165) is 37.2 Å². The Labute approximate surface area is 107 Å². The predicted octanol–water partition coefficient (Wildman–Crippen LogP) is 2.20. The van der Waals surface area contributed by atoms with E-state index < -0.39 is 0 Å². The number of fused-ring (bicyclic) bond motifs is 1. The lowest BCUT2D eigenvalue weighted by atomic mass is 9.84. The first kappa shape index (κ1) is 12.4. The lowest BCUT2D eigenvalue weighted by Crippen LogP contribution is -2.53. The second-order valence-electron chi connectivity index (χ2n) is 4.66. The number of ether oxygens (including phenoxy) is 1. The van der Waals surface area contributed by atoms with Crippen molar-refractivity contribution in [2.24, 2.45) is 0 Å². The summed E-state index contributed by atoms with van der Waals surface area (Å²) in [6.07, 6.45) is 2.56. The van der Waals surface area contributed by atoms with Crippen LogP contribution in [-0.4, -0.2) is 24.5 Å². The van der Waals surface area contributed by atoms with Crippen LogP contribution in [0, 0.1) is 0 Å². The zero-order chi connectivity index (χ0) is 11.0. The third-order valence-corrected chi connectivity index (χ3v) is 3.43. The van der Waals surface area contributed by atoms with Gasteiger partial charge in [-0.05, 0) is 31.5 Å². The van der Waals surface area contributed by atoms with Gasteiger partial charge >= 0.3 is 0 Å². The van der Waals surface area contributed by atoms with E-state index in [2.05, 4.69) is 5.32 Å². The first-order valence-corrected chi connectivity index (χ1v) is 5.81. The highest BCUT2D eigenvalue weighted by atomic mass is 35.5. The number of carbonyl (C=O) groups is 1. The van der Waals surface area contributed by atoms with Crippen molar-refractivity contribution >= 4 is 18.2 Å². The molecule has 2 heterocycles. The van der Waals surface area contributed by atoms with Crippen molar-refractivity contribution in [2.75, 3.05) is 13.1 Å². The molecule has 3 rings (SSSR count). The number of hydrogen-bond acceptors (Lipinski definition) is 3. The Bertz CT molecular complexity index is 427. The van der Waals surface area contributed by atoms with Crippen molar-refractivity contribution < 1.29 is 9.53 Å². The molecule has 0 saturated carbocycles. The maximum atomic E-state index is 12.1. The molecule has 1 N–H and O–H groups in total. The summed E-state index contributed by atoms with van der Waals surface area (Å²) >= 11 is 0. The van der Waals surface area contributed by atoms with Gasteiger partial charge in [-0.2, -0.15) is 0 Å². The summed E-state index contributed by atoms with van der Waals surface area (Å²) in [5.41, 5.74) is 0.447. The van der Waals surface area contributed by atoms with E-state index in [-0.39, 0.29) is 23.8 Å². The SMILES string of the molecule is Cl.O=C1CC2(CCCNC2)Oc2ccccc21. The van der Waals surface area contributed by atoms with E-state index in [1.165, 1.54) is 0 Å². The molecule has 1 atom stereocenters. The molecule has 1 aromatic rings. The zero-order valence-corrected chi connectivity index (χ0v) is 10.4. The smallest absolute Gasteiger partial charge is 0.170 e. The van der Waals surface area contributed by atoms with Gasteiger partial charge in [0.1, 0.15) is 11.4 Å². The monoisotopic (exact) mass is 253 g/mol. The summed E-state index contributed by atoms with van der Waals surface area (Å²) in [6.45, 7) is 1.81. The van der Waals surface area contributed by atoms with E-state index in [0.29, 0.717) is 6.42 Å². The number of carbonyl (C=O) groups excluding carboxylic acids is 1. The fraction of sp³-hybridized carbons (Fsp3) is 0.462. The zero-order valence-electron chi connectivity index (χ0n) is 9.57. The molecule has 2 aliphatic heterocycles. The van der Waals surface area contributed by atoms with Crippen molar-refractivity contribution in [2.45, 2.75) is 24.9 Å². The summed E-state index contributed by atoms with van der Waals surface area (Å²) in [5, 5.41) is 3.32. The quantitative estimate of drug-likeness (QED) is 0.770. The maximum Gasteiger partial charge on any atom is 0.170 e. The normalized spacial score (nSPS) is 26.9. The van der Waals surface area contributed by atoms with Gasteiger partial charge in [-0.25, -0.2) is 0 Å². The maximum absolute atomic E-state index is 12.1. The molecule has 2 aliphatic rings. The number of ketones is 1. The highest BCUT2D eigenvalue weighted by Crippen LogP contribution is 2.36. The van der Waals surface area contributed by atoms with Crippen LogP contribution >= 0.6 is 12.4 Å². The van der Waals surface area contributed by atoms with Gasteiger partial charge < -0.3 is 10.1 Å². The number of hydrogen-bond donors (Lipinski definition) is 1. The van der Waals surface area contributed by atoms with Crippen LogP contribution in [0.5, 0.6) is 5.75 Å². The van der Waals surface area contributed by atoms with Crippen LogP contribution in [0.4, 0.5) is 0 Å². The highest BCUT2D eigenvalue weighted by Gasteiger charge is 2.41. The lowest BCUT2D eigenvalue weighted by Gasteiger charge is -2.40. The highest BCUT2D eigenvalue weighted by molar-refractivity contribution is 6.00. The molecule has 92 valence electrons. The standard InChI is InChI=1S/C13H15NO2.ClH/c15-11-8-13(6-3-7-14-9-13)16-12-5-2-1-4-10(11)12;/h1-2,4-5,14H,3,6-9H2;1H. The molecular formula is C13H16ClNO2. The summed E-state index contributed by atoms with van der Waals surface area (Å²) in [5.74, 6) is 0.966. The van der Waals surface area contributed by atoms with Crippen molar-refractivity contribution in [3.63, 3.8) is 0 Å². The molecule has 0 aromatic heterocycles. The van der Waals surface area contributed by atoms with E-state index in [1.54, 1.807) is 0 Å². The largest absolute Gasteiger partial charge is 0.485 e. The molecular weight excluding hydrogens is 238 g/mol.